The lowest BCUT2D eigenvalue weighted by Crippen LogP contribution is -2.04. The highest BCUT2D eigenvalue weighted by atomic mass is 32.1. The Labute approximate surface area is 87.4 Å². The zero-order valence-corrected chi connectivity index (χ0v) is 8.12. The Hall–Kier alpha value is -1.54. The second-order valence-corrected chi connectivity index (χ2v) is 4.00. The SMILES string of the molecule is N#Cc1cc2cccc(C(F)(F)F)c2s1. The maximum absolute atomic E-state index is 12.6. The highest BCUT2D eigenvalue weighted by molar-refractivity contribution is 7.19. The van der Waals surface area contributed by atoms with E-state index in [0.29, 0.717) is 10.3 Å². The summed E-state index contributed by atoms with van der Waals surface area (Å²) in [7, 11) is 0. The van der Waals surface area contributed by atoms with Crippen molar-refractivity contribution in [1.82, 2.24) is 0 Å². The van der Waals surface area contributed by atoms with Crippen molar-refractivity contribution in [1.29, 1.82) is 5.26 Å². The van der Waals surface area contributed by atoms with E-state index < -0.39 is 11.7 Å². The van der Waals surface area contributed by atoms with Crippen molar-refractivity contribution in [3.05, 3.63) is 34.7 Å². The Morgan fingerprint density at radius 3 is 2.60 bits per heavy atom. The lowest BCUT2D eigenvalue weighted by molar-refractivity contribution is -0.136. The van der Waals surface area contributed by atoms with Crippen LogP contribution < -0.4 is 0 Å². The largest absolute Gasteiger partial charge is 0.417 e. The molecular weight excluding hydrogens is 223 g/mol. The van der Waals surface area contributed by atoms with E-state index in [1.807, 2.05) is 6.07 Å². The minimum Gasteiger partial charge on any atom is -0.192 e. The normalized spacial score (nSPS) is 11.6. The van der Waals surface area contributed by atoms with E-state index in [1.54, 1.807) is 6.07 Å². The first kappa shape index (κ1) is 9.99. The van der Waals surface area contributed by atoms with Gasteiger partial charge >= 0.3 is 6.18 Å². The van der Waals surface area contributed by atoms with E-state index in [0.717, 1.165) is 17.4 Å². The van der Waals surface area contributed by atoms with Crippen LogP contribution in [0.4, 0.5) is 13.2 Å². The van der Waals surface area contributed by atoms with Crippen molar-refractivity contribution in [3.8, 4) is 6.07 Å². The summed E-state index contributed by atoms with van der Waals surface area (Å²) >= 11 is 0.870. The minimum atomic E-state index is -4.36. The van der Waals surface area contributed by atoms with Crippen molar-refractivity contribution < 1.29 is 13.2 Å². The van der Waals surface area contributed by atoms with Gasteiger partial charge in [-0.2, -0.15) is 18.4 Å². The molecule has 0 spiro atoms. The smallest absolute Gasteiger partial charge is 0.192 e. The predicted molar refractivity (Wildman–Crippen MR) is 51.5 cm³/mol. The Balaban J connectivity index is 2.77. The van der Waals surface area contributed by atoms with Gasteiger partial charge in [0, 0.05) is 4.70 Å². The minimum absolute atomic E-state index is 0.126. The summed E-state index contributed by atoms with van der Waals surface area (Å²) in [4.78, 5) is 0.293. The molecule has 0 saturated heterocycles. The van der Waals surface area contributed by atoms with Gasteiger partial charge in [-0.15, -0.1) is 11.3 Å². The molecule has 0 N–H and O–H groups in total. The fraction of sp³-hybridized carbons (Fsp3) is 0.100. The summed E-state index contributed by atoms with van der Waals surface area (Å²) < 4.78 is 37.8. The molecule has 1 aromatic carbocycles. The molecule has 0 bridgehead atoms. The van der Waals surface area contributed by atoms with Crippen molar-refractivity contribution in [3.63, 3.8) is 0 Å². The number of rotatable bonds is 0. The molecule has 2 rings (SSSR count). The Morgan fingerprint density at radius 1 is 1.27 bits per heavy atom. The number of fused-ring (bicyclic) bond motifs is 1. The van der Waals surface area contributed by atoms with E-state index in [2.05, 4.69) is 0 Å². The van der Waals surface area contributed by atoms with Crippen LogP contribution in [0.2, 0.25) is 0 Å². The third-order valence-corrected chi connectivity index (χ3v) is 3.05. The van der Waals surface area contributed by atoms with Crippen LogP contribution in [0.15, 0.2) is 24.3 Å². The quantitative estimate of drug-likeness (QED) is 0.671. The van der Waals surface area contributed by atoms with Gasteiger partial charge < -0.3 is 0 Å². The van der Waals surface area contributed by atoms with Crippen molar-refractivity contribution >= 4 is 21.4 Å². The monoisotopic (exact) mass is 227 g/mol. The standard InChI is InChI=1S/C10H4F3NS/c11-10(12,13)8-3-1-2-6-4-7(5-14)15-9(6)8/h1-4H. The van der Waals surface area contributed by atoms with Gasteiger partial charge in [-0.05, 0) is 17.5 Å². The molecule has 0 saturated carbocycles. The summed E-state index contributed by atoms with van der Waals surface area (Å²) in [6.45, 7) is 0. The van der Waals surface area contributed by atoms with Gasteiger partial charge in [0.2, 0.25) is 0 Å². The average Bonchev–Trinajstić information content (AvgIpc) is 2.57. The summed E-state index contributed by atoms with van der Waals surface area (Å²) in [5.41, 5.74) is -0.675. The highest BCUT2D eigenvalue weighted by Gasteiger charge is 2.33. The van der Waals surface area contributed by atoms with Crippen LogP contribution in [-0.2, 0) is 6.18 Å². The zero-order valence-electron chi connectivity index (χ0n) is 7.30. The van der Waals surface area contributed by atoms with Crippen molar-refractivity contribution in [2.75, 3.05) is 0 Å². The molecule has 0 aliphatic carbocycles. The number of halogens is 3. The molecule has 1 heterocycles. The van der Waals surface area contributed by atoms with E-state index in [-0.39, 0.29) is 4.70 Å². The molecule has 2 aromatic rings. The van der Waals surface area contributed by atoms with Crippen LogP contribution >= 0.6 is 11.3 Å². The van der Waals surface area contributed by atoms with Gasteiger partial charge in [0.1, 0.15) is 10.9 Å². The molecule has 0 aliphatic heterocycles. The van der Waals surface area contributed by atoms with Gasteiger partial charge in [0.25, 0.3) is 0 Å². The number of benzene rings is 1. The number of thiophene rings is 1. The van der Waals surface area contributed by atoms with Crippen LogP contribution in [0, 0.1) is 11.3 Å². The fourth-order valence-corrected chi connectivity index (χ4v) is 2.33. The van der Waals surface area contributed by atoms with E-state index in [4.69, 9.17) is 5.26 Å². The topological polar surface area (TPSA) is 23.8 Å². The first-order chi connectivity index (χ1) is 7.02. The molecular formula is C10H4F3NS. The fourth-order valence-electron chi connectivity index (χ4n) is 1.34. The highest BCUT2D eigenvalue weighted by Crippen LogP contribution is 2.38. The molecule has 15 heavy (non-hydrogen) atoms. The van der Waals surface area contributed by atoms with Crippen molar-refractivity contribution in [2.24, 2.45) is 0 Å². The van der Waals surface area contributed by atoms with E-state index in [1.165, 1.54) is 12.1 Å². The molecule has 0 amide bonds. The summed E-state index contributed by atoms with van der Waals surface area (Å²) in [6, 6.07) is 7.26. The number of alkyl halides is 3. The molecule has 5 heteroatoms. The first-order valence-electron chi connectivity index (χ1n) is 4.02. The van der Waals surface area contributed by atoms with Gasteiger partial charge in [-0.25, -0.2) is 0 Å². The Bertz CT molecular complexity index is 548. The van der Waals surface area contributed by atoms with E-state index in [9.17, 15) is 13.2 Å². The second-order valence-electron chi connectivity index (χ2n) is 2.94. The average molecular weight is 227 g/mol. The van der Waals surface area contributed by atoms with Crippen LogP contribution in [0.5, 0.6) is 0 Å². The van der Waals surface area contributed by atoms with E-state index >= 15 is 0 Å². The maximum Gasteiger partial charge on any atom is 0.417 e. The Kier molecular flexibility index (Phi) is 2.16. The molecule has 76 valence electrons. The molecule has 1 nitrogen and oxygen atoms in total. The zero-order chi connectivity index (χ0) is 11.1. The van der Waals surface area contributed by atoms with Crippen LogP contribution in [0.25, 0.3) is 10.1 Å². The Morgan fingerprint density at radius 2 is 2.00 bits per heavy atom. The molecule has 0 atom stereocenters. The molecule has 0 radical (unpaired) electrons. The van der Waals surface area contributed by atoms with Crippen molar-refractivity contribution in [2.45, 2.75) is 6.18 Å². The second kappa shape index (κ2) is 3.24. The van der Waals surface area contributed by atoms with Crippen LogP contribution in [0.3, 0.4) is 0 Å². The van der Waals surface area contributed by atoms with Gasteiger partial charge in [0.05, 0.1) is 5.56 Å². The van der Waals surface area contributed by atoms with Gasteiger partial charge in [-0.1, -0.05) is 12.1 Å². The predicted octanol–water partition coefficient (Wildman–Crippen LogP) is 3.79. The lowest BCUT2D eigenvalue weighted by Gasteiger charge is -2.06. The molecule has 1 aromatic heterocycles. The molecule has 0 fully saturated rings. The third-order valence-electron chi connectivity index (χ3n) is 1.96. The molecule has 0 aliphatic rings. The van der Waals surface area contributed by atoms with Gasteiger partial charge in [0.15, 0.2) is 0 Å². The summed E-state index contributed by atoms with van der Waals surface area (Å²) in [6.07, 6.45) is -4.36. The van der Waals surface area contributed by atoms with Gasteiger partial charge in [-0.3, -0.25) is 0 Å². The number of hydrogen-bond acceptors (Lipinski definition) is 2. The maximum atomic E-state index is 12.6. The van der Waals surface area contributed by atoms with Crippen LogP contribution in [0.1, 0.15) is 10.4 Å². The first-order valence-corrected chi connectivity index (χ1v) is 4.84. The number of hydrogen-bond donors (Lipinski definition) is 0. The number of nitriles is 1. The lowest BCUT2D eigenvalue weighted by atomic mass is 10.1. The third kappa shape index (κ3) is 1.68. The number of nitrogens with zero attached hydrogens (tertiary/aromatic N) is 1. The van der Waals surface area contributed by atoms with Crippen LogP contribution in [-0.4, -0.2) is 0 Å². The summed E-state index contributed by atoms with van der Waals surface area (Å²) in [5, 5.41) is 9.08. The molecule has 0 unspecified atom stereocenters. The summed E-state index contributed by atoms with van der Waals surface area (Å²) in [5.74, 6) is 0.